The maximum atomic E-state index is 14.2. The van der Waals surface area contributed by atoms with Gasteiger partial charge in [-0.15, -0.1) is 0 Å². The minimum atomic E-state index is 0.0238. The van der Waals surface area contributed by atoms with Gasteiger partial charge >= 0.3 is 223 Å². The van der Waals surface area contributed by atoms with Crippen molar-refractivity contribution in [3.8, 4) is 5.75 Å². The SMILES string of the molecule is COc1ccc(CN(CC[Se]c2ccccc2)C(=O)c2cc3cnc(Cl)nc3n2C2CCCC2)cc1. The van der Waals surface area contributed by atoms with Crippen LogP contribution in [0, 0.1) is 0 Å². The van der Waals surface area contributed by atoms with Gasteiger partial charge in [-0.1, -0.05) is 0 Å². The average Bonchev–Trinajstić information content (AvgIpc) is 3.56. The number of carbonyl (C=O) groups is 1. The van der Waals surface area contributed by atoms with Crippen LogP contribution in [0.5, 0.6) is 5.75 Å². The Morgan fingerprint density at radius 3 is 2.61 bits per heavy atom. The third-order valence-electron chi connectivity index (χ3n) is 6.65. The normalized spacial score (nSPS) is 13.8. The molecule has 2 aromatic carbocycles. The third-order valence-corrected chi connectivity index (χ3v) is 8.91. The number of benzene rings is 2. The minimum absolute atomic E-state index is 0.0238. The number of hydrogen-bond acceptors (Lipinski definition) is 4. The number of nitrogens with zero attached hydrogens (tertiary/aromatic N) is 4. The summed E-state index contributed by atoms with van der Waals surface area (Å²) < 4.78 is 8.78. The van der Waals surface area contributed by atoms with Crippen LogP contribution in [0.25, 0.3) is 11.0 Å². The quantitative estimate of drug-likeness (QED) is 0.203. The van der Waals surface area contributed by atoms with Gasteiger partial charge in [0.2, 0.25) is 0 Å². The molecule has 0 radical (unpaired) electrons. The molecule has 0 saturated heterocycles. The molecule has 0 bridgehead atoms. The number of fused-ring (bicyclic) bond motifs is 1. The van der Waals surface area contributed by atoms with Gasteiger partial charge in [0.1, 0.15) is 0 Å². The molecule has 5 rings (SSSR count). The monoisotopic (exact) mass is 568 g/mol. The molecule has 0 atom stereocenters. The number of carbonyl (C=O) groups excluding carboxylic acids is 1. The third kappa shape index (κ3) is 5.59. The van der Waals surface area contributed by atoms with E-state index in [-0.39, 0.29) is 32.2 Å². The Morgan fingerprint density at radius 1 is 1.14 bits per heavy atom. The number of halogens is 1. The predicted molar refractivity (Wildman–Crippen MR) is 144 cm³/mol. The van der Waals surface area contributed by atoms with E-state index in [4.69, 9.17) is 16.3 Å². The van der Waals surface area contributed by atoms with E-state index < -0.39 is 0 Å². The number of rotatable bonds is 9. The van der Waals surface area contributed by atoms with E-state index in [9.17, 15) is 4.79 Å². The van der Waals surface area contributed by atoms with Crippen molar-refractivity contribution in [2.45, 2.75) is 43.6 Å². The van der Waals surface area contributed by atoms with E-state index in [0.717, 1.165) is 53.3 Å². The van der Waals surface area contributed by atoms with E-state index in [0.29, 0.717) is 18.8 Å². The Morgan fingerprint density at radius 2 is 1.89 bits per heavy atom. The Hall–Kier alpha value is -2.86. The van der Waals surface area contributed by atoms with Crippen LogP contribution in [0.2, 0.25) is 10.6 Å². The molecule has 186 valence electrons. The summed E-state index contributed by atoms with van der Waals surface area (Å²) in [4.78, 5) is 24.8. The molecule has 1 fully saturated rings. The van der Waals surface area contributed by atoms with Gasteiger partial charge in [-0.3, -0.25) is 0 Å². The van der Waals surface area contributed by atoms with Crippen molar-refractivity contribution in [3.63, 3.8) is 0 Å². The average molecular weight is 568 g/mol. The van der Waals surface area contributed by atoms with E-state index in [1.165, 1.54) is 4.46 Å². The number of amides is 1. The fourth-order valence-corrected chi connectivity index (χ4v) is 6.85. The Bertz CT molecular complexity index is 1320. The topological polar surface area (TPSA) is 60.2 Å². The van der Waals surface area contributed by atoms with Crippen LogP contribution < -0.4 is 9.20 Å². The molecule has 4 aromatic rings. The van der Waals surface area contributed by atoms with Gasteiger partial charge in [0, 0.05) is 0 Å². The first-order valence-corrected chi connectivity index (χ1v) is 14.7. The van der Waals surface area contributed by atoms with Crippen molar-refractivity contribution >= 4 is 48.0 Å². The number of hydrogen-bond donors (Lipinski definition) is 0. The summed E-state index contributed by atoms with van der Waals surface area (Å²) in [5, 5.41) is 2.00. The van der Waals surface area contributed by atoms with Crippen LogP contribution in [0.4, 0.5) is 0 Å². The van der Waals surface area contributed by atoms with Crippen molar-refractivity contribution in [3.05, 3.63) is 83.4 Å². The zero-order valence-corrected chi connectivity index (χ0v) is 22.7. The van der Waals surface area contributed by atoms with Crippen molar-refractivity contribution in [1.82, 2.24) is 19.4 Å². The van der Waals surface area contributed by atoms with E-state index in [2.05, 4.69) is 38.8 Å². The van der Waals surface area contributed by atoms with E-state index >= 15 is 0 Å². The molecule has 1 saturated carbocycles. The second kappa shape index (κ2) is 11.5. The van der Waals surface area contributed by atoms with Crippen LogP contribution in [0.3, 0.4) is 0 Å². The van der Waals surface area contributed by atoms with Crippen molar-refractivity contribution in [2.75, 3.05) is 13.7 Å². The molecule has 6 nitrogen and oxygen atoms in total. The van der Waals surface area contributed by atoms with E-state index in [1.807, 2.05) is 41.3 Å². The van der Waals surface area contributed by atoms with Gasteiger partial charge in [-0.25, -0.2) is 0 Å². The summed E-state index contributed by atoms with van der Waals surface area (Å²) in [6.45, 7) is 1.21. The molecule has 0 aliphatic heterocycles. The fraction of sp³-hybridized carbons (Fsp3) is 0.321. The molecule has 0 spiro atoms. The number of aromatic nitrogens is 3. The number of methoxy groups -OCH3 is 1. The standard InChI is InChI=1S/C28H29ClN4O2Se/c1-35-23-13-11-20(12-14-23)19-32(15-16-36-24-9-3-2-4-10-24)27(34)25-17-21-18-30-28(29)31-26(21)33(25)22-7-5-6-8-22/h2-4,9-14,17-18,22H,5-8,15-16,19H2,1H3. The van der Waals surface area contributed by atoms with E-state index in [1.54, 1.807) is 13.3 Å². The van der Waals surface area contributed by atoms with Gasteiger partial charge < -0.3 is 0 Å². The van der Waals surface area contributed by atoms with Gasteiger partial charge in [-0.05, 0) is 0 Å². The second-order valence-corrected chi connectivity index (χ2v) is 11.8. The summed E-state index contributed by atoms with van der Waals surface area (Å²) in [5.74, 6) is 0.830. The molecule has 1 aliphatic rings. The molecule has 8 heteroatoms. The predicted octanol–water partition coefficient (Wildman–Crippen LogP) is 5.30. The molecule has 1 aliphatic carbocycles. The molecule has 36 heavy (non-hydrogen) atoms. The molecule has 0 N–H and O–H groups in total. The van der Waals surface area contributed by atoms with Crippen LogP contribution in [0.15, 0.2) is 66.9 Å². The van der Waals surface area contributed by atoms with Crippen LogP contribution in [-0.2, 0) is 6.54 Å². The summed E-state index contributed by atoms with van der Waals surface area (Å²) >= 11 is 6.46. The van der Waals surface area contributed by atoms with Gasteiger partial charge in [0.15, 0.2) is 0 Å². The van der Waals surface area contributed by atoms with Crippen molar-refractivity contribution in [1.29, 1.82) is 0 Å². The van der Waals surface area contributed by atoms with Crippen LogP contribution in [0.1, 0.15) is 47.8 Å². The Balaban J connectivity index is 1.46. The molecule has 2 aromatic heterocycles. The molecule has 0 unspecified atom stereocenters. The zero-order chi connectivity index (χ0) is 24.9. The van der Waals surface area contributed by atoms with Crippen molar-refractivity contribution < 1.29 is 9.53 Å². The second-order valence-electron chi connectivity index (χ2n) is 8.99. The van der Waals surface area contributed by atoms with Gasteiger partial charge in [-0.2, -0.15) is 0 Å². The summed E-state index contributed by atoms with van der Waals surface area (Å²) in [5.41, 5.74) is 2.50. The first-order valence-electron chi connectivity index (χ1n) is 12.3. The molecule has 1 amide bonds. The first-order chi connectivity index (χ1) is 17.6. The summed E-state index contributed by atoms with van der Waals surface area (Å²) in [7, 11) is 1.66. The maximum absolute atomic E-state index is 14.2. The van der Waals surface area contributed by atoms with Gasteiger partial charge in [0.25, 0.3) is 0 Å². The Labute approximate surface area is 222 Å². The molecular formula is C28H29ClN4O2Se. The van der Waals surface area contributed by atoms with Gasteiger partial charge in [0.05, 0.1) is 0 Å². The molecule has 2 heterocycles. The molecular weight excluding hydrogens is 539 g/mol. The summed E-state index contributed by atoms with van der Waals surface area (Å²) in [6, 6.07) is 20.6. The zero-order valence-electron chi connectivity index (χ0n) is 20.3. The summed E-state index contributed by atoms with van der Waals surface area (Å²) in [6.07, 6.45) is 6.12. The fourth-order valence-electron chi connectivity index (χ4n) is 4.84. The number of ether oxygens (including phenoxy) is 1. The van der Waals surface area contributed by atoms with Crippen LogP contribution in [-0.4, -0.2) is 54.0 Å². The first kappa shape index (κ1) is 24.8. The van der Waals surface area contributed by atoms with Crippen LogP contribution >= 0.6 is 11.6 Å². The van der Waals surface area contributed by atoms with Crippen molar-refractivity contribution in [2.24, 2.45) is 0 Å². The Kier molecular flexibility index (Phi) is 7.90.